The van der Waals surface area contributed by atoms with E-state index in [0.717, 1.165) is 6.42 Å². The van der Waals surface area contributed by atoms with Gasteiger partial charge in [0.1, 0.15) is 24.4 Å². The molecule has 3 aliphatic heterocycles. The van der Waals surface area contributed by atoms with Crippen LogP contribution in [0.4, 0.5) is 0 Å². The molecule has 358 valence electrons. The number of esters is 4. The molecule has 8 unspecified atom stereocenters. The zero-order valence-corrected chi connectivity index (χ0v) is 41.9. The number of hydrogen-bond acceptors (Lipinski definition) is 11. The lowest BCUT2D eigenvalue weighted by molar-refractivity contribution is -0.198. The number of rotatable bonds is 17. The second-order valence-electron chi connectivity index (χ2n) is 23.0. The van der Waals surface area contributed by atoms with Gasteiger partial charge in [0.15, 0.2) is 0 Å². The van der Waals surface area contributed by atoms with Crippen molar-refractivity contribution in [3.05, 3.63) is 0 Å². The van der Waals surface area contributed by atoms with Crippen LogP contribution in [-0.4, -0.2) is 84.5 Å². The molecule has 1 saturated carbocycles. The lowest BCUT2D eigenvalue weighted by atomic mass is 9.71. The van der Waals surface area contributed by atoms with E-state index in [1.54, 1.807) is 0 Å². The van der Waals surface area contributed by atoms with E-state index in [-0.39, 0.29) is 59.9 Å². The monoisotopic (exact) mass is 874 g/mol. The molecule has 3 N–H and O–H groups in total. The van der Waals surface area contributed by atoms with Gasteiger partial charge in [-0.1, -0.05) is 111 Å². The molecule has 0 radical (unpaired) electrons. The molecule has 0 bridgehead atoms. The van der Waals surface area contributed by atoms with Gasteiger partial charge in [0.05, 0.1) is 6.42 Å². The molecular formula is C51H91N3O8. The van der Waals surface area contributed by atoms with Crippen LogP contribution in [0.1, 0.15) is 175 Å². The lowest BCUT2D eigenvalue weighted by Gasteiger charge is -2.42. The Morgan fingerprint density at radius 3 is 0.855 bits per heavy atom. The van der Waals surface area contributed by atoms with Crippen molar-refractivity contribution < 1.29 is 38.1 Å². The van der Waals surface area contributed by atoms with E-state index in [9.17, 15) is 4.79 Å². The first-order chi connectivity index (χ1) is 28.9. The first-order valence-corrected chi connectivity index (χ1v) is 25.0. The Kier molecular flexibility index (Phi) is 19.3. The molecule has 62 heavy (non-hydrogen) atoms. The maximum atomic E-state index is 15.4. The van der Waals surface area contributed by atoms with E-state index in [2.05, 4.69) is 127 Å². The van der Waals surface area contributed by atoms with Gasteiger partial charge in [0.2, 0.25) is 0 Å². The van der Waals surface area contributed by atoms with E-state index in [4.69, 9.17) is 18.9 Å². The van der Waals surface area contributed by atoms with Crippen molar-refractivity contribution >= 4 is 23.9 Å². The zero-order chi connectivity index (χ0) is 46.4. The summed E-state index contributed by atoms with van der Waals surface area (Å²) in [5.74, 6) is -1.13. The molecule has 1 aliphatic carbocycles. The van der Waals surface area contributed by atoms with Crippen molar-refractivity contribution in [1.82, 2.24) is 16.0 Å². The molecule has 0 aromatic rings. The number of piperidine rings is 3. The Labute approximate surface area is 377 Å². The highest BCUT2D eigenvalue weighted by atomic mass is 16.6. The molecule has 0 aromatic heterocycles. The van der Waals surface area contributed by atoms with Gasteiger partial charge in [-0.15, -0.1) is 0 Å². The normalized spacial score (nSPS) is 33.4. The summed E-state index contributed by atoms with van der Waals surface area (Å²) in [5.41, 5.74) is -2.71. The molecule has 4 aliphatic rings. The van der Waals surface area contributed by atoms with Crippen molar-refractivity contribution in [1.29, 1.82) is 0 Å². The SMILES string of the molecule is CC(C)C1CC(OC(=O)C(CC(=O)OC2CC(C(C)C)NC(C(C)C)C2)(C(=O)OC2CC(C(C)C)NC(C(C)C)C2)C(=O)OC2CC(C(C)C)NC(C(C)C)C2)CC(C(C)C)C1. The number of nitrogens with one attached hydrogen (secondary N) is 3. The van der Waals surface area contributed by atoms with Crippen LogP contribution in [0.15, 0.2) is 0 Å². The summed E-state index contributed by atoms with van der Waals surface area (Å²) in [6.45, 7) is 34.4. The third-order valence-corrected chi connectivity index (χ3v) is 15.4. The van der Waals surface area contributed by atoms with Gasteiger partial charge in [0.25, 0.3) is 5.41 Å². The van der Waals surface area contributed by atoms with Gasteiger partial charge >= 0.3 is 23.9 Å². The Bertz CT molecular complexity index is 1270. The fourth-order valence-electron chi connectivity index (χ4n) is 10.5. The number of carbonyl (C=O) groups excluding carboxylic acids is 4. The van der Waals surface area contributed by atoms with E-state index in [0.29, 0.717) is 86.9 Å². The average molecular weight is 874 g/mol. The molecule has 0 amide bonds. The average Bonchev–Trinajstić information content (AvgIpc) is 3.18. The van der Waals surface area contributed by atoms with Gasteiger partial charge in [0, 0.05) is 74.8 Å². The predicted octanol–water partition coefficient (Wildman–Crippen LogP) is 9.04. The van der Waals surface area contributed by atoms with E-state index >= 15 is 14.4 Å². The zero-order valence-electron chi connectivity index (χ0n) is 41.9. The minimum absolute atomic E-state index is 0.0498. The fraction of sp³-hybridized carbons (Fsp3) is 0.922. The smallest absolute Gasteiger partial charge is 0.336 e. The highest BCUT2D eigenvalue weighted by molar-refractivity contribution is 6.20. The van der Waals surface area contributed by atoms with Crippen LogP contribution in [0.2, 0.25) is 0 Å². The third kappa shape index (κ3) is 13.6. The maximum Gasteiger partial charge on any atom is 0.336 e. The summed E-state index contributed by atoms with van der Waals surface area (Å²) in [6.07, 6.45) is 2.39. The third-order valence-electron chi connectivity index (χ3n) is 15.4. The van der Waals surface area contributed by atoms with Crippen molar-refractivity contribution in [2.75, 3.05) is 0 Å². The quantitative estimate of drug-likeness (QED) is 0.0733. The van der Waals surface area contributed by atoms with Crippen LogP contribution in [0.5, 0.6) is 0 Å². The van der Waals surface area contributed by atoms with E-state index in [1.165, 1.54) is 0 Å². The van der Waals surface area contributed by atoms with Crippen molar-refractivity contribution in [2.24, 2.45) is 64.6 Å². The Balaban J connectivity index is 1.81. The molecule has 8 atom stereocenters. The van der Waals surface area contributed by atoms with Crippen LogP contribution < -0.4 is 16.0 Å². The molecule has 3 heterocycles. The van der Waals surface area contributed by atoms with Crippen molar-refractivity contribution in [2.45, 2.75) is 236 Å². The molecule has 11 nitrogen and oxygen atoms in total. The fourth-order valence-corrected chi connectivity index (χ4v) is 10.5. The summed E-state index contributed by atoms with van der Waals surface area (Å²) in [5, 5.41) is 11.2. The van der Waals surface area contributed by atoms with E-state index in [1.807, 2.05) is 0 Å². The van der Waals surface area contributed by atoms with Crippen LogP contribution in [-0.2, 0) is 38.1 Å². The minimum Gasteiger partial charge on any atom is -0.462 e. The highest BCUT2D eigenvalue weighted by Gasteiger charge is 2.61. The summed E-state index contributed by atoms with van der Waals surface area (Å²) < 4.78 is 25.7. The molecule has 4 rings (SSSR count). The summed E-state index contributed by atoms with van der Waals surface area (Å²) in [7, 11) is 0. The largest absolute Gasteiger partial charge is 0.462 e. The standard InChI is InChI=1S/C51H91N3O8/c1-27(2)35-17-36(28(3)4)19-37(18-35)60-48(56)51(49(57)61-39-22-43(31(9)10)53-44(23-39)32(11)12,50(58)62-40-24-45(33(13)14)54-46(25-40)34(15)16)26-47(55)59-38-20-41(29(5)6)52-42(21-38)30(7)8/h27-46,52-54H,17-26H2,1-16H3. The van der Waals surface area contributed by atoms with Gasteiger partial charge in [-0.05, 0) is 78.4 Å². The van der Waals surface area contributed by atoms with Crippen LogP contribution in [0.25, 0.3) is 0 Å². The Morgan fingerprint density at radius 2 is 0.613 bits per heavy atom. The van der Waals surface area contributed by atoms with Gasteiger partial charge in [-0.25, -0.2) is 0 Å². The second kappa shape index (κ2) is 22.8. The summed E-state index contributed by atoms with van der Waals surface area (Å²) in [6, 6.07) is 0.418. The molecule has 3 saturated heterocycles. The highest BCUT2D eigenvalue weighted by Crippen LogP contribution is 2.42. The Hall–Kier alpha value is -2.24. The number of ether oxygens (including phenoxy) is 4. The van der Waals surface area contributed by atoms with Gasteiger partial charge in [-0.2, -0.15) is 0 Å². The van der Waals surface area contributed by atoms with Crippen LogP contribution >= 0.6 is 0 Å². The lowest BCUT2D eigenvalue weighted by Crippen LogP contribution is -2.58. The van der Waals surface area contributed by atoms with Crippen molar-refractivity contribution in [3.63, 3.8) is 0 Å². The summed E-state index contributed by atoms with van der Waals surface area (Å²) in [4.78, 5) is 60.8. The Morgan fingerprint density at radius 1 is 0.371 bits per heavy atom. The van der Waals surface area contributed by atoms with Gasteiger partial charge < -0.3 is 34.9 Å². The number of carbonyl (C=O) groups is 4. The molecule has 0 aromatic carbocycles. The van der Waals surface area contributed by atoms with Crippen LogP contribution in [0, 0.1) is 64.6 Å². The molecule has 11 heteroatoms. The molecule has 4 fully saturated rings. The molecule has 0 spiro atoms. The topological polar surface area (TPSA) is 141 Å². The second-order valence-corrected chi connectivity index (χ2v) is 23.0. The first kappa shape index (κ1) is 52.4. The predicted molar refractivity (Wildman–Crippen MR) is 246 cm³/mol. The van der Waals surface area contributed by atoms with E-state index < -0.39 is 60.1 Å². The summed E-state index contributed by atoms with van der Waals surface area (Å²) >= 11 is 0. The van der Waals surface area contributed by atoms with Gasteiger partial charge in [-0.3, -0.25) is 19.2 Å². The first-order valence-electron chi connectivity index (χ1n) is 25.0. The number of hydrogen-bond donors (Lipinski definition) is 3. The maximum absolute atomic E-state index is 15.4. The molecular weight excluding hydrogens is 783 g/mol. The van der Waals surface area contributed by atoms with Crippen LogP contribution in [0.3, 0.4) is 0 Å². The van der Waals surface area contributed by atoms with Crippen molar-refractivity contribution in [3.8, 4) is 0 Å². The minimum atomic E-state index is -2.71.